The molecule has 0 aliphatic carbocycles. The van der Waals surface area contributed by atoms with Gasteiger partial charge >= 0.3 is 11.6 Å². The first-order chi connectivity index (χ1) is 11.1. The van der Waals surface area contributed by atoms with Crippen LogP contribution in [0, 0.1) is 0 Å². The van der Waals surface area contributed by atoms with Gasteiger partial charge in [0.05, 0.1) is 12.3 Å². The van der Waals surface area contributed by atoms with Crippen LogP contribution in [0.3, 0.4) is 0 Å². The summed E-state index contributed by atoms with van der Waals surface area (Å²) in [5.74, 6) is 0.128. The smallest absolute Gasteiger partial charge is 0.340 e. The van der Waals surface area contributed by atoms with E-state index in [9.17, 15) is 9.59 Å². The minimum Gasteiger partial charge on any atom is -0.460 e. The maximum Gasteiger partial charge on any atom is 0.340 e. The summed E-state index contributed by atoms with van der Waals surface area (Å²) in [7, 11) is 0. The lowest BCUT2D eigenvalue weighted by Gasteiger charge is -2.09. The van der Waals surface area contributed by atoms with Crippen molar-refractivity contribution < 1.29 is 14.6 Å². The van der Waals surface area contributed by atoms with Gasteiger partial charge in [-0.05, 0) is 6.42 Å². The van der Waals surface area contributed by atoms with Crippen molar-refractivity contribution in [1.29, 1.82) is 0 Å². The average molecular weight is 338 g/mol. The molecule has 0 bridgehead atoms. The highest BCUT2D eigenvalue weighted by Gasteiger charge is 2.25. The van der Waals surface area contributed by atoms with E-state index in [1.807, 2.05) is 6.92 Å². The molecule has 122 valence electrons. The highest BCUT2D eigenvalue weighted by molar-refractivity contribution is 8.03. The Morgan fingerprint density at radius 3 is 2.96 bits per heavy atom. The van der Waals surface area contributed by atoms with Crippen LogP contribution >= 0.6 is 11.8 Å². The van der Waals surface area contributed by atoms with Crippen LogP contribution in [0.4, 0.5) is 4.79 Å². The number of nitrogens with two attached hydrogens (primary N) is 1. The summed E-state index contributed by atoms with van der Waals surface area (Å²) < 4.78 is 7.12. The van der Waals surface area contributed by atoms with E-state index in [0.717, 1.165) is 15.8 Å². The third-order valence-corrected chi connectivity index (χ3v) is 4.07. The van der Waals surface area contributed by atoms with E-state index >= 15 is 0 Å². The molecule has 3 heterocycles. The molecule has 2 aromatic rings. The van der Waals surface area contributed by atoms with Gasteiger partial charge in [-0.25, -0.2) is 4.79 Å². The quantitative estimate of drug-likeness (QED) is 0.775. The monoisotopic (exact) mass is 338 g/mol. The highest BCUT2D eigenvalue weighted by Crippen LogP contribution is 2.28. The zero-order chi connectivity index (χ0) is 16.6. The molecule has 0 saturated heterocycles. The molecule has 1 aliphatic rings. The summed E-state index contributed by atoms with van der Waals surface area (Å²) in [5, 5.41) is 22.5. The Hall–Kier alpha value is -2.40. The number of hydrogen-bond donors (Lipinski definition) is 2. The van der Waals surface area contributed by atoms with Gasteiger partial charge in [-0.3, -0.25) is 4.79 Å². The summed E-state index contributed by atoms with van der Waals surface area (Å²) in [6.07, 6.45) is 1.30. The zero-order valence-corrected chi connectivity index (χ0v) is 13.0. The Kier molecular flexibility index (Phi) is 4.05. The summed E-state index contributed by atoms with van der Waals surface area (Å²) >= 11 is 1.21. The maximum atomic E-state index is 12.7. The van der Waals surface area contributed by atoms with Crippen LogP contribution in [0.5, 0.6) is 0 Å². The Bertz CT molecular complexity index is 857. The number of amides is 1. The standard InChI is InChI=1S/C12H14N6O4S/c1-2-3-6-9-10(18(15-6)12(13)21)11(20)17(16-14-9)7-5-23-8(4-19)22-7/h5,8,19H,2-4H2,1H3,(H2,13,21). The summed E-state index contributed by atoms with van der Waals surface area (Å²) in [5.41, 5.74) is 4.85. The Morgan fingerprint density at radius 1 is 1.57 bits per heavy atom. The van der Waals surface area contributed by atoms with E-state index in [4.69, 9.17) is 15.6 Å². The highest BCUT2D eigenvalue weighted by atomic mass is 32.2. The van der Waals surface area contributed by atoms with Crippen LogP contribution in [0.1, 0.15) is 19.0 Å². The molecule has 0 aromatic carbocycles. The second-order valence-electron chi connectivity index (χ2n) is 4.77. The largest absolute Gasteiger partial charge is 0.460 e. The number of aliphatic hydroxyl groups is 1. The van der Waals surface area contributed by atoms with E-state index < -0.39 is 17.0 Å². The lowest BCUT2D eigenvalue weighted by molar-refractivity contribution is 0.149. The first-order valence-electron chi connectivity index (χ1n) is 6.87. The van der Waals surface area contributed by atoms with Crippen LogP contribution in [0.25, 0.3) is 16.9 Å². The van der Waals surface area contributed by atoms with Gasteiger partial charge in [0.15, 0.2) is 11.0 Å². The van der Waals surface area contributed by atoms with Crippen molar-refractivity contribution in [3.63, 3.8) is 0 Å². The fourth-order valence-electron chi connectivity index (χ4n) is 2.20. The van der Waals surface area contributed by atoms with Gasteiger partial charge in [0, 0.05) is 5.41 Å². The predicted octanol–water partition coefficient (Wildman–Crippen LogP) is -0.295. The Balaban J connectivity index is 2.17. The topological polar surface area (TPSA) is 138 Å². The number of ether oxygens (including phenoxy) is 1. The summed E-state index contributed by atoms with van der Waals surface area (Å²) in [6, 6.07) is -0.877. The molecule has 0 radical (unpaired) electrons. The maximum absolute atomic E-state index is 12.7. The summed E-state index contributed by atoms with van der Waals surface area (Å²) in [4.78, 5) is 24.2. The molecule has 0 fully saturated rings. The van der Waals surface area contributed by atoms with E-state index in [1.165, 1.54) is 11.8 Å². The Morgan fingerprint density at radius 2 is 2.35 bits per heavy atom. The molecule has 3 N–H and O–H groups in total. The van der Waals surface area contributed by atoms with Crippen molar-refractivity contribution in [3.05, 3.63) is 21.5 Å². The molecule has 2 aromatic heterocycles. The molecule has 1 amide bonds. The molecule has 1 unspecified atom stereocenters. The van der Waals surface area contributed by atoms with Crippen molar-refractivity contribution >= 4 is 34.7 Å². The minimum atomic E-state index is -0.877. The second kappa shape index (κ2) is 6.01. The number of aryl methyl sites for hydroxylation is 1. The normalized spacial score (nSPS) is 17.3. The number of aliphatic hydroxyl groups excluding tert-OH is 1. The van der Waals surface area contributed by atoms with Crippen molar-refractivity contribution in [2.24, 2.45) is 5.73 Å². The van der Waals surface area contributed by atoms with E-state index in [0.29, 0.717) is 12.1 Å². The third kappa shape index (κ3) is 2.57. The number of thioether (sulfide) groups is 1. The van der Waals surface area contributed by atoms with E-state index in [1.54, 1.807) is 5.41 Å². The first-order valence-corrected chi connectivity index (χ1v) is 7.82. The van der Waals surface area contributed by atoms with Crippen molar-refractivity contribution in [2.45, 2.75) is 25.2 Å². The van der Waals surface area contributed by atoms with Gasteiger partial charge in [0.1, 0.15) is 5.52 Å². The van der Waals surface area contributed by atoms with Crippen LogP contribution in [0.15, 0.2) is 10.2 Å². The number of carbonyl (C=O) groups is 1. The zero-order valence-electron chi connectivity index (χ0n) is 12.2. The van der Waals surface area contributed by atoms with Crippen LogP contribution in [-0.4, -0.2) is 48.0 Å². The van der Waals surface area contributed by atoms with Crippen molar-refractivity contribution in [1.82, 2.24) is 24.8 Å². The molecule has 1 aliphatic heterocycles. The number of hydrogen-bond acceptors (Lipinski definition) is 8. The van der Waals surface area contributed by atoms with Gasteiger partial charge in [0.25, 0.3) is 0 Å². The van der Waals surface area contributed by atoms with Crippen molar-refractivity contribution in [2.75, 3.05) is 6.61 Å². The van der Waals surface area contributed by atoms with Gasteiger partial charge < -0.3 is 15.6 Å². The lowest BCUT2D eigenvalue weighted by atomic mass is 10.2. The van der Waals surface area contributed by atoms with E-state index in [-0.39, 0.29) is 23.5 Å². The molecule has 3 rings (SSSR count). The minimum absolute atomic E-state index is 0.0436. The van der Waals surface area contributed by atoms with Crippen molar-refractivity contribution in [3.8, 4) is 0 Å². The Labute approximate surface area is 133 Å². The molecule has 1 atom stereocenters. The SMILES string of the molecule is CCCc1nn(C(N)=O)c2c(=O)n(C3=CSC(CO)O3)nnc12. The number of fused-ring (bicyclic) bond motifs is 1. The van der Waals surface area contributed by atoms with Gasteiger partial charge in [-0.2, -0.15) is 9.78 Å². The molecular weight excluding hydrogens is 324 g/mol. The lowest BCUT2D eigenvalue weighted by Crippen LogP contribution is -2.29. The molecule has 10 nitrogen and oxygen atoms in total. The van der Waals surface area contributed by atoms with Gasteiger partial charge in [0.2, 0.25) is 5.88 Å². The number of carbonyl (C=O) groups excluding carboxylic acids is 1. The average Bonchev–Trinajstić information content (AvgIpc) is 3.13. The molecule has 11 heteroatoms. The molecular formula is C12H14N6O4S. The number of aromatic nitrogens is 5. The molecule has 23 heavy (non-hydrogen) atoms. The fraction of sp³-hybridized carbons (Fsp3) is 0.417. The number of primary amides is 1. The van der Waals surface area contributed by atoms with Gasteiger partial charge in [-0.1, -0.05) is 30.3 Å². The van der Waals surface area contributed by atoms with Crippen LogP contribution < -0.4 is 11.3 Å². The van der Waals surface area contributed by atoms with Crippen LogP contribution in [0.2, 0.25) is 0 Å². The predicted molar refractivity (Wildman–Crippen MR) is 82.4 cm³/mol. The van der Waals surface area contributed by atoms with Crippen LogP contribution in [-0.2, 0) is 11.2 Å². The second-order valence-corrected chi connectivity index (χ2v) is 5.81. The first kappa shape index (κ1) is 15.5. The summed E-state index contributed by atoms with van der Waals surface area (Å²) in [6.45, 7) is 1.72. The third-order valence-electron chi connectivity index (χ3n) is 3.19. The van der Waals surface area contributed by atoms with Gasteiger partial charge in [-0.15, -0.1) is 9.78 Å². The molecule has 0 spiro atoms. The molecule has 0 saturated carbocycles. The van der Waals surface area contributed by atoms with E-state index in [2.05, 4.69) is 15.4 Å². The fourth-order valence-corrected chi connectivity index (χ4v) is 2.86. The number of nitrogens with zero attached hydrogens (tertiary/aromatic N) is 5. The number of rotatable bonds is 4.